The highest BCUT2D eigenvalue weighted by atomic mass is 19.1. The summed E-state index contributed by atoms with van der Waals surface area (Å²) in [5.74, 6) is -0.0677. The number of fused-ring (bicyclic) bond motifs is 1. The van der Waals surface area contributed by atoms with Gasteiger partial charge in [-0.05, 0) is 47.5 Å². The van der Waals surface area contributed by atoms with Crippen molar-refractivity contribution in [3.8, 4) is 17.1 Å². The zero-order valence-electron chi connectivity index (χ0n) is 21.4. The molecule has 36 heavy (non-hydrogen) atoms. The van der Waals surface area contributed by atoms with E-state index in [1.165, 1.54) is 17.8 Å². The number of hydrogen-bond donors (Lipinski definition) is 2. The van der Waals surface area contributed by atoms with Gasteiger partial charge < -0.3 is 24.8 Å². The van der Waals surface area contributed by atoms with E-state index in [1.54, 1.807) is 24.8 Å². The van der Waals surface area contributed by atoms with Crippen molar-refractivity contribution in [2.24, 2.45) is 0 Å². The molecule has 0 bridgehead atoms. The first-order chi connectivity index (χ1) is 16.9. The van der Waals surface area contributed by atoms with Crippen LogP contribution in [0.2, 0.25) is 0 Å². The van der Waals surface area contributed by atoms with Crippen LogP contribution in [0.3, 0.4) is 0 Å². The van der Waals surface area contributed by atoms with E-state index >= 15 is 0 Å². The number of methoxy groups -OCH3 is 1. The number of likely N-dealkylation sites (tertiary alicyclic amines) is 1. The number of carbonyl (C=O) groups excluding carboxylic acids is 1. The van der Waals surface area contributed by atoms with Gasteiger partial charge in [-0.1, -0.05) is 0 Å². The van der Waals surface area contributed by atoms with E-state index in [0.717, 1.165) is 19.0 Å². The Morgan fingerprint density at radius 1 is 1.22 bits per heavy atom. The zero-order valence-corrected chi connectivity index (χ0v) is 21.4. The third-order valence-corrected chi connectivity index (χ3v) is 5.65. The van der Waals surface area contributed by atoms with Gasteiger partial charge in [0.2, 0.25) is 5.95 Å². The largest absolute Gasteiger partial charge is 0.495 e. The average Bonchev–Trinajstić information content (AvgIpc) is 3.21. The molecular weight excluding hydrogens is 469 g/mol. The molecule has 2 N–H and O–H groups in total. The van der Waals surface area contributed by atoms with Crippen molar-refractivity contribution in [2.75, 3.05) is 25.5 Å². The first-order valence-corrected chi connectivity index (χ1v) is 11.8. The number of imidazole rings is 1. The fourth-order valence-electron chi connectivity index (χ4n) is 4.03. The van der Waals surface area contributed by atoms with E-state index < -0.39 is 17.0 Å². The second kappa shape index (κ2) is 9.49. The number of piperidine rings is 1. The topological polar surface area (TPSA) is 127 Å². The summed E-state index contributed by atoms with van der Waals surface area (Å²) in [7, 11) is 1.48. The lowest BCUT2D eigenvalue weighted by Crippen LogP contribution is -2.47. The van der Waals surface area contributed by atoms with Gasteiger partial charge in [0.1, 0.15) is 34.0 Å². The van der Waals surface area contributed by atoms with E-state index in [-0.39, 0.29) is 29.5 Å². The molecule has 0 aliphatic carbocycles. The number of carbonyl (C=O) groups is 1. The molecule has 1 atom stereocenters. The quantitative estimate of drug-likeness (QED) is 0.541. The molecule has 12 heteroatoms. The summed E-state index contributed by atoms with van der Waals surface area (Å²) in [6.07, 6.45) is 3.74. The number of halogens is 1. The Morgan fingerprint density at radius 2 is 1.97 bits per heavy atom. The van der Waals surface area contributed by atoms with Crippen molar-refractivity contribution >= 4 is 17.7 Å². The molecule has 1 aliphatic rings. The van der Waals surface area contributed by atoms with Crippen molar-refractivity contribution < 1.29 is 23.8 Å². The van der Waals surface area contributed by atoms with Gasteiger partial charge >= 0.3 is 6.09 Å². The maximum absolute atomic E-state index is 14.9. The van der Waals surface area contributed by atoms with Crippen molar-refractivity contribution in [2.45, 2.75) is 64.7 Å². The summed E-state index contributed by atoms with van der Waals surface area (Å²) in [5.41, 5.74) is -0.918. The Labute approximate surface area is 208 Å². The van der Waals surface area contributed by atoms with Gasteiger partial charge in [0.25, 0.3) is 0 Å². The smallest absolute Gasteiger partial charge is 0.410 e. The van der Waals surface area contributed by atoms with Crippen molar-refractivity contribution in [3.05, 3.63) is 30.0 Å². The molecule has 1 saturated heterocycles. The molecule has 0 unspecified atom stereocenters. The van der Waals surface area contributed by atoms with Gasteiger partial charge in [-0.25, -0.2) is 28.7 Å². The number of aliphatic hydroxyl groups is 1. The fourth-order valence-corrected chi connectivity index (χ4v) is 4.03. The first kappa shape index (κ1) is 25.5. The van der Waals surface area contributed by atoms with E-state index in [1.807, 2.05) is 20.8 Å². The zero-order chi connectivity index (χ0) is 26.3. The van der Waals surface area contributed by atoms with Crippen molar-refractivity contribution in [1.82, 2.24) is 29.5 Å². The number of ether oxygens (including phenoxy) is 2. The Kier molecular flexibility index (Phi) is 6.74. The summed E-state index contributed by atoms with van der Waals surface area (Å²) in [5, 5.41) is 18.2. The van der Waals surface area contributed by atoms with Crippen molar-refractivity contribution in [3.63, 3.8) is 0 Å². The van der Waals surface area contributed by atoms with Crippen LogP contribution in [0.4, 0.5) is 15.1 Å². The molecule has 0 radical (unpaired) electrons. The molecule has 11 nitrogen and oxygen atoms in total. The van der Waals surface area contributed by atoms with Gasteiger partial charge in [-0.15, -0.1) is 0 Å². The molecule has 194 valence electrons. The third-order valence-electron chi connectivity index (χ3n) is 5.65. The lowest BCUT2D eigenvalue weighted by molar-refractivity contribution is 0.0206. The molecule has 0 aromatic carbocycles. The van der Waals surface area contributed by atoms with Gasteiger partial charge in [-0.2, -0.15) is 5.10 Å². The van der Waals surface area contributed by atoms with Crippen LogP contribution in [0, 0.1) is 5.82 Å². The second-order valence-electron chi connectivity index (χ2n) is 10.3. The minimum atomic E-state index is -1.31. The van der Waals surface area contributed by atoms with Crippen molar-refractivity contribution in [1.29, 1.82) is 0 Å². The molecule has 3 aromatic rings. The molecule has 1 fully saturated rings. The van der Waals surface area contributed by atoms with E-state index in [0.29, 0.717) is 30.2 Å². The predicted octanol–water partition coefficient (Wildman–Crippen LogP) is 3.37. The summed E-state index contributed by atoms with van der Waals surface area (Å²) in [4.78, 5) is 26.9. The first-order valence-electron chi connectivity index (χ1n) is 11.8. The molecule has 3 aromatic heterocycles. The van der Waals surface area contributed by atoms with Crippen LogP contribution >= 0.6 is 0 Å². The third kappa shape index (κ3) is 5.48. The maximum atomic E-state index is 14.9. The van der Waals surface area contributed by atoms with Crippen LogP contribution in [-0.2, 0) is 10.3 Å². The Balaban J connectivity index is 1.61. The SMILES string of the molecule is COc1cc2ncc(-c3nc(N[C@@H]4CCCN(C(=O)OC(C)(C)C)C4)ncc3F)n2nc1C(C)(C)O. The number of rotatable bonds is 5. The molecule has 4 rings (SSSR count). The lowest BCUT2D eigenvalue weighted by Gasteiger charge is -2.34. The lowest BCUT2D eigenvalue weighted by atomic mass is 10.0. The van der Waals surface area contributed by atoms with Crippen LogP contribution in [0.5, 0.6) is 5.75 Å². The Bertz CT molecular complexity index is 1270. The number of hydrogen-bond acceptors (Lipinski definition) is 9. The molecular formula is C24H32FN7O4. The molecule has 4 heterocycles. The van der Waals surface area contributed by atoms with Crippen LogP contribution < -0.4 is 10.1 Å². The second-order valence-corrected chi connectivity index (χ2v) is 10.3. The van der Waals surface area contributed by atoms with E-state index in [9.17, 15) is 14.3 Å². The highest BCUT2D eigenvalue weighted by Gasteiger charge is 2.29. The number of nitrogens with one attached hydrogen (secondary N) is 1. The normalized spacial score (nSPS) is 16.8. The fraction of sp³-hybridized carbons (Fsp3) is 0.542. The predicted molar refractivity (Wildman–Crippen MR) is 130 cm³/mol. The minimum absolute atomic E-state index is 0.000768. The van der Waals surface area contributed by atoms with Crippen LogP contribution in [-0.4, -0.2) is 72.5 Å². The molecule has 1 aliphatic heterocycles. The summed E-state index contributed by atoms with van der Waals surface area (Å²) >= 11 is 0. The van der Waals surface area contributed by atoms with Gasteiger partial charge in [0, 0.05) is 25.2 Å². The standard InChI is InChI=1S/C24H32FN7O4/c1-23(2,3)36-22(33)31-9-7-8-14(13-31)28-21-27-11-15(25)19(29-21)16-12-26-18-10-17(35-6)20(24(4,5)34)30-32(16)18/h10-12,14,34H,7-9,13H2,1-6H3,(H,27,28,29)/t14-/m1/s1. The molecule has 0 spiro atoms. The van der Waals surface area contributed by atoms with Crippen LogP contribution in [0.1, 0.15) is 53.2 Å². The van der Waals surface area contributed by atoms with E-state index in [4.69, 9.17) is 9.47 Å². The van der Waals surface area contributed by atoms with Crippen LogP contribution in [0.15, 0.2) is 18.5 Å². The average molecular weight is 502 g/mol. The highest BCUT2D eigenvalue weighted by molar-refractivity contribution is 5.68. The van der Waals surface area contributed by atoms with E-state index in [2.05, 4.69) is 25.4 Å². The monoisotopic (exact) mass is 501 g/mol. The van der Waals surface area contributed by atoms with Crippen LogP contribution in [0.25, 0.3) is 17.0 Å². The van der Waals surface area contributed by atoms with Gasteiger partial charge in [0.05, 0.1) is 19.5 Å². The Hall–Kier alpha value is -3.54. The number of aromatic nitrogens is 5. The number of amides is 1. The van der Waals surface area contributed by atoms with Gasteiger partial charge in [-0.3, -0.25) is 0 Å². The summed E-state index contributed by atoms with van der Waals surface area (Å²) < 4.78 is 27.1. The summed E-state index contributed by atoms with van der Waals surface area (Å²) in [6, 6.07) is 1.49. The highest BCUT2D eigenvalue weighted by Crippen LogP contribution is 2.31. The minimum Gasteiger partial charge on any atom is -0.495 e. The number of nitrogens with zero attached hydrogens (tertiary/aromatic N) is 6. The molecule has 1 amide bonds. The maximum Gasteiger partial charge on any atom is 0.410 e. The number of anilines is 1. The molecule has 0 saturated carbocycles. The summed E-state index contributed by atoms with van der Waals surface area (Å²) in [6.45, 7) is 9.66. The Morgan fingerprint density at radius 3 is 2.64 bits per heavy atom. The van der Waals surface area contributed by atoms with Gasteiger partial charge in [0.15, 0.2) is 11.5 Å².